The van der Waals surface area contributed by atoms with E-state index in [2.05, 4.69) is 0 Å². The van der Waals surface area contributed by atoms with Crippen LogP contribution in [0.5, 0.6) is 0 Å². The van der Waals surface area contributed by atoms with Crippen molar-refractivity contribution in [3.63, 3.8) is 0 Å². The maximum Gasteiger partial charge on any atom is 0.127 e. The van der Waals surface area contributed by atoms with Crippen molar-refractivity contribution < 1.29 is 9.18 Å². The number of rotatable bonds is 2. The normalized spacial score (nSPS) is 12.5. The van der Waals surface area contributed by atoms with Gasteiger partial charge in [-0.2, -0.15) is 0 Å². The Morgan fingerprint density at radius 3 is 2.75 bits per heavy atom. The van der Waals surface area contributed by atoms with Gasteiger partial charge in [-0.25, -0.2) is 4.39 Å². The first-order chi connectivity index (χ1) is 5.65. The Balaban J connectivity index is 3.09. The van der Waals surface area contributed by atoms with Crippen molar-refractivity contribution in [3.05, 3.63) is 29.6 Å². The van der Waals surface area contributed by atoms with Gasteiger partial charge in [0.25, 0.3) is 0 Å². The van der Waals surface area contributed by atoms with E-state index in [0.29, 0.717) is 11.3 Å². The van der Waals surface area contributed by atoms with Gasteiger partial charge < -0.3 is 10.5 Å². The van der Waals surface area contributed by atoms with Crippen molar-refractivity contribution in [2.75, 3.05) is 5.73 Å². The molecule has 0 saturated carbocycles. The van der Waals surface area contributed by atoms with Crippen molar-refractivity contribution >= 4 is 12.0 Å². The van der Waals surface area contributed by atoms with Crippen molar-refractivity contribution in [2.45, 2.75) is 12.8 Å². The van der Waals surface area contributed by atoms with E-state index >= 15 is 0 Å². The lowest BCUT2D eigenvalue weighted by Crippen LogP contribution is -2.00. The minimum absolute atomic E-state index is 0.273. The van der Waals surface area contributed by atoms with E-state index in [1.807, 2.05) is 0 Å². The molecule has 2 N–H and O–H groups in total. The molecule has 0 heterocycles. The molecule has 1 aromatic carbocycles. The summed E-state index contributed by atoms with van der Waals surface area (Å²) in [6.45, 7) is 1.72. The molecule has 12 heavy (non-hydrogen) atoms. The van der Waals surface area contributed by atoms with Gasteiger partial charge >= 0.3 is 0 Å². The van der Waals surface area contributed by atoms with Gasteiger partial charge in [0.15, 0.2) is 0 Å². The van der Waals surface area contributed by atoms with E-state index in [9.17, 15) is 9.18 Å². The van der Waals surface area contributed by atoms with E-state index in [1.54, 1.807) is 6.92 Å². The first kappa shape index (κ1) is 8.71. The maximum atomic E-state index is 12.5. The highest BCUT2D eigenvalue weighted by Gasteiger charge is 2.07. The number of aldehydes is 1. The van der Waals surface area contributed by atoms with Gasteiger partial charge in [-0.05, 0) is 17.7 Å². The van der Waals surface area contributed by atoms with Crippen LogP contribution in [0, 0.1) is 5.82 Å². The minimum Gasteiger partial charge on any atom is -0.398 e. The molecule has 2 nitrogen and oxygen atoms in total. The van der Waals surface area contributed by atoms with E-state index < -0.39 is 0 Å². The van der Waals surface area contributed by atoms with Crippen molar-refractivity contribution in [1.29, 1.82) is 0 Å². The molecule has 0 aliphatic heterocycles. The van der Waals surface area contributed by atoms with Crippen LogP contribution in [0.4, 0.5) is 10.1 Å². The van der Waals surface area contributed by atoms with Crippen LogP contribution in [-0.4, -0.2) is 6.29 Å². The zero-order valence-corrected chi connectivity index (χ0v) is 6.75. The second kappa shape index (κ2) is 3.34. The Kier molecular flexibility index (Phi) is 2.43. The monoisotopic (exact) mass is 167 g/mol. The molecule has 1 atom stereocenters. The highest BCUT2D eigenvalue weighted by molar-refractivity contribution is 5.66. The summed E-state index contributed by atoms with van der Waals surface area (Å²) in [5, 5.41) is 0. The highest BCUT2D eigenvalue weighted by atomic mass is 19.1. The average Bonchev–Trinajstić information content (AvgIpc) is 2.03. The molecule has 0 amide bonds. The highest BCUT2D eigenvalue weighted by Crippen LogP contribution is 2.20. The molecule has 0 aliphatic carbocycles. The molecule has 1 aromatic rings. The van der Waals surface area contributed by atoms with Gasteiger partial charge in [0.1, 0.15) is 12.1 Å². The SMILES string of the molecule is CC(C=O)c1ccc(F)cc1N. The molecule has 0 aliphatic rings. The van der Waals surface area contributed by atoms with Crippen molar-refractivity contribution in [3.8, 4) is 0 Å². The molecule has 1 rings (SSSR count). The summed E-state index contributed by atoms with van der Waals surface area (Å²) >= 11 is 0. The van der Waals surface area contributed by atoms with E-state index in [4.69, 9.17) is 5.73 Å². The van der Waals surface area contributed by atoms with E-state index in [1.165, 1.54) is 18.2 Å². The molecule has 3 heteroatoms. The van der Waals surface area contributed by atoms with Crippen molar-refractivity contribution in [1.82, 2.24) is 0 Å². The van der Waals surface area contributed by atoms with Crippen LogP contribution in [-0.2, 0) is 4.79 Å². The number of carbonyl (C=O) groups is 1. The molecular formula is C9H10FNO. The third kappa shape index (κ3) is 1.61. The Labute approximate surface area is 70.2 Å². The molecule has 0 bridgehead atoms. The van der Waals surface area contributed by atoms with E-state index in [-0.39, 0.29) is 11.7 Å². The van der Waals surface area contributed by atoms with E-state index in [0.717, 1.165) is 6.29 Å². The van der Waals surface area contributed by atoms with Gasteiger partial charge in [-0.3, -0.25) is 0 Å². The summed E-state index contributed by atoms with van der Waals surface area (Å²) in [6.07, 6.45) is 0.781. The minimum atomic E-state index is -0.380. The van der Waals surface area contributed by atoms with Gasteiger partial charge in [0.2, 0.25) is 0 Å². The topological polar surface area (TPSA) is 43.1 Å². The molecule has 64 valence electrons. The second-order valence-electron chi connectivity index (χ2n) is 2.70. The number of hydrogen-bond acceptors (Lipinski definition) is 2. The van der Waals surface area contributed by atoms with Crippen LogP contribution in [0.25, 0.3) is 0 Å². The first-order valence-corrected chi connectivity index (χ1v) is 3.65. The first-order valence-electron chi connectivity index (χ1n) is 3.65. The summed E-state index contributed by atoms with van der Waals surface area (Å²) in [7, 11) is 0. The Morgan fingerprint density at radius 1 is 1.58 bits per heavy atom. The summed E-state index contributed by atoms with van der Waals surface area (Å²) in [6, 6.07) is 4.05. The van der Waals surface area contributed by atoms with Crippen LogP contribution in [0.3, 0.4) is 0 Å². The number of nitrogens with two attached hydrogens (primary N) is 1. The smallest absolute Gasteiger partial charge is 0.127 e. The van der Waals surface area contributed by atoms with Crippen LogP contribution < -0.4 is 5.73 Å². The van der Waals surface area contributed by atoms with Crippen LogP contribution in [0.1, 0.15) is 18.4 Å². The molecular weight excluding hydrogens is 157 g/mol. The number of nitrogen functional groups attached to an aromatic ring is 1. The van der Waals surface area contributed by atoms with Crippen LogP contribution in [0.15, 0.2) is 18.2 Å². The predicted molar refractivity (Wildman–Crippen MR) is 45.3 cm³/mol. The molecule has 0 radical (unpaired) electrons. The van der Waals surface area contributed by atoms with Crippen LogP contribution in [0.2, 0.25) is 0 Å². The molecule has 0 fully saturated rings. The number of carbonyl (C=O) groups excluding carboxylic acids is 1. The molecule has 0 saturated heterocycles. The maximum absolute atomic E-state index is 12.5. The number of halogens is 1. The Hall–Kier alpha value is -1.38. The third-order valence-corrected chi connectivity index (χ3v) is 1.74. The lowest BCUT2D eigenvalue weighted by atomic mass is 10.0. The van der Waals surface area contributed by atoms with Gasteiger partial charge in [-0.1, -0.05) is 13.0 Å². The number of anilines is 1. The summed E-state index contributed by atoms with van der Waals surface area (Å²) in [4.78, 5) is 10.4. The summed E-state index contributed by atoms with van der Waals surface area (Å²) in [5.74, 6) is -0.653. The average molecular weight is 167 g/mol. The fourth-order valence-electron chi connectivity index (χ4n) is 1.03. The lowest BCUT2D eigenvalue weighted by Gasteiger charge is -2.07. The predicted octanol–water partition coefficient (Wildman–Crippen LogP) is 1.71. The lowest BCUT2D eigenvalue weighted by molar-refractivity contribution is -0.108. The third-order valence-electron chi connectivity index (χ3n) is 1.74. The van der Waals surface area contributed by atoms with Crippen molar-refractivity contribution in [2.24, 2.45) is 0 Å². The second-order valence-corrected chi connectivity index (χ2v) is 2.70. The van der Waals surface area contributed by atoms with Gasteiger partial charge in [0, 0.05) is 11.6 Å². The Bertz CT molecular complexity index is 299. The zero-order chi connectivity index (χ0) is 9.14. The van der Waals surface area contributed by atoms with Gasteiger partial charge in [0.05, 0.1) is 0 Å². The zero-order valence-electron chi connectivity index (χ0n) is 6.75. The standard InChI is InChI=1S/C9H10FNO/c1-6(5-12)8-3-2-7(10)4-9(8)11/h2-6H,11H2,1H3. The quantitative estimate of drug-likeness (QED) is 0.538. The molecule has 0 spiro atoms. The number of benzene rings is 1. The molecule has 1 unspecified atom stereocenters. The van der Waals surface area contributed by atoms with Gasteiger partial charge in [-0.15, -0.1) is 0 Å². The molecule has 0 aromatic heterocycles. The number of hydrogen-bond donors (Lipinski definition) is 1. The Morgan fingerprint density at radius 2 is 2.25 bits per heavy atom. The van der Waals surface area contributed by atoms with Crippen LogP contribution >= 0.6 is 0 Å². The summed E-state index contributed by atoms with van der Waals surface area (Å²) < 4.78 is 12.5. The largest absolute Gasteiger partial charge is 0.398 e. The fourth-order valence-corrected chi connectivity index (χ4v) is 1.03. The fraction of sp³-hybridized carbons (Fsp3) is 0.222. The summed E-state index contributed by atoms with van der Waals surface area (Å²) in [5.41, 5.74) is 6.50.